The molecule has 5 heteroatoms. The highest BCUT2D eigenvalue weighted by Crippen LogP contribution is 2.28. The van der Waals surface area contributed by atoms with E-state index in [1.165, 1.54) is 5.75 Å². The molecule has 0 aromatic carbocycles. The van der Waals surface area contributed by atoms with Gasteiger partial charge in [0.15, 0.2) is 0 Å². The zero-order valence-corrected chi connectivity index (χ0v) is 11.2. The smallest absolute Gasteiger partial charge is 0.0519 e. The maximum atomic E-state index is 6.04. The maximum absolute atomic E-state index is 6.04. The molecule has 2 atom stereocenters. The Labute approximate surface area is 107 Å². The highest BCUT2D eigenvalue weighted by atomic mass is 32.2. The van der Waals surface area contributed by atoms with Crippen molar-refractivity contribution in [3.05, 3.63) is 24.0 Å². The molecule has 0 spiro atoms. The fourth-order valence-electron chi connectivity index (χ4n) is 2.29. The summed E-state index contributed by atoms with van der Waals surface area (Å²) in [4.78, 5) is 6.60. The number of nitrogen functional groups attached to an aromatic ring is 1. The topological polar surface area (TPSA) is 54.2 Å². The standard InChI is InChI=1S/C12H20N4S/c1-14-12(9-7-15-4-3-10(9)13)11-8-17-6-5-16(11)2/h3-4,7,11-12,14H,5-6,8H2,1-2H3,(H2,13,15). The second kappa shape index (κ2) is 5.71. The molecule has 2 unspecified atom stereocenters. The van der Waals surface area contributed by atoms with Gasteiger partial charge in [0.1, 0.15) is 0 Å². The molecule has 2 heterocycles. The van der Waals surface area contributed by atoms with Crippen molar-refractivity contribution < 1.29 is 0 Å². The quantitative estimate of drug-likeness (QED) is 0.839. The first-order valence-electron chi connectivity index (χ1n) is 5.88. The average molecular weight is 252 g/mol. The van der Waals surface area contributed by atoms with E-state index in [1.807, 2.05) is 31.1 Å². The van der Waals surface area contributed by atoms with Crippen LogP contribution in [0.25, 0.3) is 0 Å². The fraction of sp³-hybridized carbons (Fsp3) is 0.583. The van der Waals surface area contributed by atoms with Gasteiger partial charge in [-0.1, -0.05) is 0 Å². The van der Waals surface area contributed by atoms with E-state index in [0.29, 0.717) is 6.04 Å². The van der Waals surface area contributed by atoms with Crippen molar-refractivity contribution in [1.29, 1.82) is 0 Å². The number of hydrogen-bond donors (Lipinski definition) is 2. The van der Waals surface area contributed by atoms with E-state index in [9.17, 15) is 0 Å². The molecule has 1 aliphatic heterocycles. The number of thioether (sulfide) groups is 1. The van der Waals surface area contributed by atoms with Crippen molar-refractivity contribution in [2.45, 2.75) is 12.1 Å². The second-order valence-electron chi connectivity index (χ2n) is 4.39. The van der Waals surface area contributed by atoms with Crippen molar-refractivity contribution >= 4 is 17.4 Å². The van der Waals surface area contributed by atoms with Crippen molar-refractivity contribution in [1.82, 2.24) is 15.2 Å². The van der Waals surface area contributed by atoms with Crippen LogP contribution in [0, 0.1) is 0 Å². The summed E-state index contributed by atoms with van der Waals surface area (Å²) in [5, 5.41) is 3.38. The molecule has 2 rings (SSSR count). The minimum atomic E-state index is 0.251. The lowest BCUT2D eigenvalue weighted by molar-refractivity contribution is 0.221. The van der Waals surface area contributed by atoms with Gasteiger partial charge in [-0.05, 0) is 20.2 Å². The molecule has 17 heavy (non-hydrogen) atoms. The van der Waals surface area contributed by atoms with E-state index in [-0.39, 0.29) is 6.04 Å². The lowest BCUT2D eigenvalue weighted by Gasteiger charge is -2.38. The molecule has 1 aromatic heterocycles. The third-order valence-corrected chi connectivity index (χ3v) is 4.41. The van der Waals surface area contributed by atoms with Gasteiger partial charge in [-0.2, -0.15) is 11.8 Å². The summed E-state index contributed by atoms with van der Waals surface area (Å²) in [5.74, 6) is 2.35. The summed E-state index contributed by atoms with van der Waals surface area (Å²) < 4.78 is 0. The normalized spacial score (nSPS) is 23.5. The van der Waals surface area contributed by atoms with Crippen LogP contribution in [0.15, 0.2) is 18.5 Å². The highest BCUT2D eigenvalue weighted by molar-refractivity contribution is 7.99. The molecule has 1 aliphatic rings. The van der Waals surface area contributed by atoms with E-state index < -0.39 is 0 Å². The molecule has 0 saturated carbocycles. The molecule has 0 radical (unpaired) electrons. The van der Waals surface area contributed by atoms with Crippen molar-refractivity contribution in [3.63, 3.8) is 0 Å². The van der Waals surface area contributed by atoms with Crippen LogP contribution in [-0.4, -0.2) is 48.1 Å². The highest BCUT2D eigenvalue weighted by Gasteiger charge is 2.29. The average Bonchev–Trinajstić information content (AvgIpc) is 2.34. The fourth-order valence-corrected chi connectivity index (χ4v) is 3.56. The van der Waals surface area contributed by atoms with Gasteiger partial charge >= 0.3 is 0 Å². The van der Waals surface area contributed by atoms with Gasteiger partial charge in [0.25, 0.3) is 0 Å². The van der Waals surface area contributed by atoms with Gasteiger partial charge in [0.05, 0.1) is 6.04 Å². The van der Waals surface area contributed by atoms with Crippen LogP contribution in [0.1, 0.15) is 11.6 Å². The van der Waals surface area contributed by atoms with E-state index in [4.69, 9.17) is 5.73 Å². The van der Waals surface area contributed by atoms with Gasteiger partial charge in [0, 0.05) is 47.7 Å². The molecule has 94 valence electrons. The Kier molecular flexibility index (Phi) is 4.25. The van der Waals surface area contributed by atoms with Crippen LogP contribution in [-0.2, 0) is 0 Å². The number of hydrogen-bond acceptors (Lipinski definition) is 5. The number of aromatic nitrogens is 1. The number of anilines is 1. The SMILES string of the molecule is CNC(c1cnccc1N)C1CSCCN1C. The number of nitrogens with zero attached hydrogens (tertiary/aromatic N) is 2. The second-order valence-corrected chi connectivity index (χ2v) is 5.54. The summed E-state index contributed by atoms with van der Waals surface area (Å²) >= 11 is 2.01. The van der Waals surface area contributed by atoms with Gasteiger partial charge in [0.2, 0.25) is 0 Å². The summed E-state index contributed by atoms with van der Waals surface area (Å²) in [5.41, 5.74) is 7.97. The van der Waals surface area contributed by atoms with Crippen molar-refractivity contribution in [3.8, 4) is 0 Å². The van der Waals surface area contributed by atoms with Crippen molar-refractivity contribution in [2.24, 2.45) is 0 Å². The lowest BCUT2D eigenvalue weighted by Crippen LogP contribution is -2.47. The van der Waals surface area contributed by atoms with Crippen LogP contribution >= 0.6 is 11.8 Å². The molecule has 0 aliphatic carbocycles. The van der Waals surface area contributed by atoms with E-state index >= 15 is 0 Å². The zero-order chi connectivity index (χ0) is 12.3. The molecular formula is C12H20N4S. The van der Waals surface area contributed by atoms with Crippen LogP contribution in [0.5, 0.6) is 0 Å². The first-order chi connectivity index (χ1) is 8.24. The van der Waals surface area contributed by atoms with Crippen LogP contribution in [0.3, 0.4) is 0 Å². The third-order valence-electron chi connectivity index (χ3n) is 3.36. The Morgan fingerprint density at radius 2 is 2.47 bits per heavy atom. The minimum absolute atomic E-state index is 0.251. The number of nitrogens with one attached hydrogen (secondary N) is 1. The maximum Gasteiger partial charge on any atom is 0.0519 e. The summed E-state index contributed by atoms with van der Waals surface area (Å²) in [6.07, 6.45) is 3.62. The van der Waals surface area contributed by atoms with Gasteiger partial charge in [-0.25, -0.2) is 0 Å². The Balaban J connectivity index is 2.23. The molecular weight excluding hydrogens is 232 g/mol. The first kappa shape index (κ1) is 12.7. The summed E-state index contributed by atoms with van der Waals surface area (Å²) in [6.45, 7) is 1.13. The lowest BCUT2D eigenvalue weighted by atomic mass is 9.99. The number of pyridine rings is 1. The largest absolute Gasteiger partial charge is 0.398 e. The Morgan fingerprint density at radius 1 is 1.65 bits per heavy atom. The molecule has 1 fully saturated rings. The Morgan fingerprint density at radius 3 is 3.12 bits per heavy atom. The summed E-state index contributed by atoms with van der Waals surface area (Å²) in [7, 11) is 4.17. The molecule has 3 N–H and O–H groups in total. The molecule has 4 nitrogen and oxygen atoms in total. The summed E-state index contributed by atoms with van der Waals surface area (Å²) in [6, 6.07) is 2.60. The predicted octanol–water partition coefficient (Wildman–Crippen LogP) is 0.971. The Bertz CT molecular complexity index is 371. The third kappa shape index (κ3) is 2.73. The van der Waals surface area contributed by atoms with Crippen molar-refractivity contribution in [2.75, 3.05) is 37.9 Å². The van der Waals surface area contributed by atoms with Gasteiger partial charge in [-0.3, -0.25) is 9.88 Å². The predicted molar refractivity (Wildman–Crippen MR) is 74.2 cm³/mol. The van der Waals surface area contributed by atoms with Gasteiger partial charge < -0.3 is 11.1 Å². The van der Waals surface area contributed by atoms with Crippen LogP contribution in [0.2, 0.25) is 0 Å². The molecule has 1 saturated heterocycles. The molecule has 1 aromatic rings. The van der Waals surface area contributed by atoms with Gasteiger partial charge in [-0.15, -0.1) is 0 Å². The monoisotopic (exact) mass is 252 g/mol. The van der Waals surface area contributed by atoms with E-state index in [0.717, 1.165) is 23.5 Å². The van der Waals surface area contributed by atoms with E-state index in [1.54, 1.807) is 6.20 Å². The number of nitrogens with two attached hydrogens (primary N) is 1. The zero-order valence-electron chi connectivity index (χ0n) is 10.4. The van der Waals surface area contributed by atoms with E-state index in [2.05, 4.69) is 22.2 Å². The molecule has 0 amide bonds. The minimum Gasteiger partial charge on any atom is -0.398 e. The first-order valence-corrected chi connectivity index (χ1v) is 7.04. The van der Waals surface area contributed by atoms with Crippen LogP contribution in [0.4, 0.5) is 5.69 Å². The molecule has 0 bridgehead atoms. The van der Waals surface area contributed by atoms with Crippen LogP contribution < -0.4 is 11.1 Å². The number of likely N-dealkylation sites (N-methyl/N-ethyl adjacent to an activating group) is 2. The Hall–Kier alpha value is -0.780. The number of rotatable bonds is 3.